The molecule has 0 aromatic rings. The van der Waals surface area contributed by atoms with Crippen LogP contribution in [0.15, 0.2) is 109 Å². The van der Waals surface area contributed by atoms with Crippen LogP contribution in [0.1, 0.15) is 265 Å². The zero-order valence-corrected chi connectivity index (χ0v) is 57.1. The highest BCUT2D eigenvalue weighted by atomic mass is 31.2. The molecule has 0 heterocycles. The summed E-state index contributed by atoms with van der Waals surface area (Å²) in [6.07, 6.45) is 71.6. The van der Waals surface area contributed by atoms with Crippen LogP contribution in [0, 0.1) is 0 Å². The Morgan fingerprint density at radius 3 is 0.944 bits per heavy atom. The Bertz CT molecular complexity index is 2060. The third kappa shape index (κ3) is 65.5. The Morgan fingerprint density at radius 2 is 0.596 bits per heavy atom. The maximum Gasteiger partial charge on any atom is 0.472 e. The number of rotatable bonds is 64. The number of hydrogen-bond donors (Lipinski definition) is 4. The first-order chi connectivity index (χ1) is 43.2. The molecule has 0 radical (unpaired) electrons. The van der Waals surface area contributed by atoms with E-state index < -0.39 is 91.5 Å². The number of carbonyl (C=O) groups excluding carboxylic acids is 3. The second-order valence-electron chi connectivity index (χ2n) is 22.6. The smallest absolute Gasteiger partial charge is 0.463 e. The van der Waals surface area contributed by atoms with Gasteiger partial charge < -0.3 is 34.2 Å². The lowest BCUT2D eigenvalue weighted by Gasteiger charge is -2.21. The van der Waals surface area contributed by atoms with Gasteiger partial charge in [0.2, 0.25) is 0 Å². The standard InChI is InChI=1S/C71H122O16P2/c1-4-7-10-13-16-19-22-25-26-27-28-29-30-31-32-33-34-35-36-37-38-41-43-45-48-51-54-57-69(74)81-60-66(72)61-83-88(77,78)84-62-67(73)63-85-89(79,80)86-65-68(87-71(76)59-56-53-50-47-44-40-24-21-18-15-12-9-6-3)64-82-70(75)58-55-52-49-46-42-39-23-20-17-14-11-8-5-2/h7,10-12,14-16,19-21,23-26,28-29,31-32,66-68,72-73H,4-6,8-9,13,17-18,22,27,30,33-65H2,1-3H3,(H,77,78)(H,79,80)/b10-7-,14-11-,15-12-,19-16-,23-20-,24-21-,26-25-,29-28-,32-31-. The van der Waals surface area contributed by atoms with Crippen molar-refractivity contribution in [3.63, 3.8) is 0 Å². The summed E-state index contributed by atoms with van der Waals surface area (Å²) in [5, 5.41) is 20.5. The van der Waals surface area contributed by atoms with Crippen molar-refractivity contribution in [2.75, 3.05) is 39.6 Å². The summed E-state index contributed by atoms with van der Waals surface area (Å²) in [5.74, 6) is -1.61. The normalized spacial score (nSPS) is 14.9. The summed E-state index contributed by atoms with van der Waals surface area (Å²) in [4.78, 5) is 58.2. The monoisotopic (exact) mass is 1290 g/mol. The van der Waals surface area contributed by atoms with Gasteiger partial charge >= 0.3 is 33.6 Å². The average molecular weight is 1290 g/mol. The summed E-state index contributed by atoms with van der Waals surface area (Å²) in [6.45, 7) is 2.38. The number of hydrogen-bond acceptors (Lipinski definition) is 14. The minimum atomic E-state index is -4.93. The second kappa shape index (κ2) is 64.3. The van der Waals surface area contributed by atoms with Crippen LogP contribution in [0.2, 0.25) is 0 Å². The van der Waals surface area contributed by atoms with Crippen molar-refractivity contribution in [2.45, 2.75) is 283 Å². The molecule has 0 fully saturated rings. The molecule has 512 valence electrons. The van der Waals surface area contributed by atoms with Crippen molar-refractivity contribution in [2.24, 2.45) is 0 Å². The van der Waals surface area contributed by atoms with Crippen molar-refractivity contribution in [1.29, 1.82) is 0 Å². The van der Waals surface area contributed by atoms with E-state index in [0.717, 1.165) is 161 Å². The Balaban J connectivity index is 4.48. The van der Waals surface area contributed by atoms with E-state index in [9.17, 15) is 43.5 Å². The van der Waals surface area contributed by atoms with E-state index in [1.165, 1.54) is 44.9 Å². The first-order valence-electron chi connectivity index (χ1n) is 34.2. The summed E-state index contributed by atoms with van der Waals surface area (Å²) in [5.41, 5.74) is 0. The van der Waals surface area contributed by atoms with Gasteiger partial charge in [0.25, 0.3) is 0 Å². The first kappa shape index (κ1) is 85.2. The van der Waals surface area contributed by atoms with Gasteiger partial charge in [-0.05, 0) is 116 Å². The lowest BCUT2D eigenvalue weighted by atomic mass is 10.0. The summed E-state index contributed by atoms with van der Waals surface area (Å²) in [6, 6.07) is 0. The Morgan fingerprint density at radius 1 is 0.326 bits per heavy atom. The molecular weight excluding hydrogens is 1170 g/mol. The predicted octanol–water partition coefficient (Wildman–Crippen LogP) is 18.9. The van der Waals surface area contributed by atoms with E-state index in [4.69, 9.17) is 32.3 Å². The highest BCUT2D eigenvalue weighted by Crippen LogP contribution is 2.45. The van der Waals surface area contributed by atoms with E-state index in [0.29, 0.717) is 19.3 Å². The fraction of sp³-hybridized carbons (Fsp3) is 0.704. The SMILES string of the molecule is CC/C=C\C/C=C\C/C=C\C/C=C\C/C=C\CCCCCCCCCCCCCC(=O)OCC(O)COP(=O)(O)OCC(O)COP(=O)(O)OCC(COC(=O)CCCCCCC/C=C\C/C=C\CCC)OC(=O)CCCCCCC/C=C\C/C=C\CCC. The molecule has 5 atom stereocenters. The number of allylic oxidation sites excluding steroid dienone is 18. The van der Waals surface area contributed by atoms with Gasteiger partial charge in [0.05, 0.1) is 26.4 Å². The maximum atomic E-state index is 12.9. The zero-order chi connectivity index (χ0) is 65.3. The van der Waals surface area contributed by atoms with E-state index in [-0.39, 0.29) is 19.3 Å². The van der Waals surface area contributed by atoms with Crippen molar-refractivity contribution in [3.05, 3.63) is 109 Å². The van der Waals surface area contributed by atoms with Gasteiger partial charge in [0.1, 0.15) is 25.4 Å². The number of phosphoric ester groups is 2. The van der Waals surface area contributed by atoms with E-state index >= 15 is 0 Å². The Hall–Kier alpha value is -3.79. The molecule has 18 heteroatoms. The van der Waals surface area contributed by atoms with Crippen molar-refractivity contribution < 1.29 is 75.8 Å². The molecule has 0 amide bonds. The second-order valence-corrected chi connectivity index (χ2v) is 25.5. The van der Waals surface area contributed by atoms with Crippen LogP contribution < -0.4 is 0 Å². The molecule has 0 aromatic heterocycles. The van der Waals surface area contributed by atoms with Crippen LogP contribution in [-0.4, -0.2) is 95.9 Å². The minimum absolute atomic E-state index is 0.0843. The number of ether oxygens (including phenoxy) is 3. The van der Waals surface area contributed by atoms with Crippen molar-refractivity contribution in [3.8, 4) is 0 Å². The molecule has 0 aliphatic rings. The summed E-state index contributed by atoms with van der Waals surface area (Å²) >= 11 is 0. The summed E-state index contributed by atoms with van der Waals surface area (Å²) < 4.78 is 60.8. The average Bonchev–Trinajstić information content (AvgIpc) is 3.55. The third-order valence-corrected chi connectivity index (χ3v) is 15.8. The van der Waals surface area contributed by atoms with Crippen molar-refractivity contribution in [1.82, 2.24) is 0 Å². The van der Waals surface area contributed by atoms with Crippen molar-refractivity contribution >= 4 is 33.6 Å². The number of esters is 3. The minimum Gasteiger partial charge on any atom is -0.463 e. The zero-order valence-electron chi connectivity index (χ0n) is 55.3. The van der Waals surface area contributed by atoms with Gasteiger partial charge in [0, 0.05) is 19.3 Å². The van der Waals surface area contributed by atoms with Crippen LogP contribution in [0.3, 0.4) is 0 Å². The number of aliphatic hydroxyl groups excluding tert-OH is 2. The van der Waals surface area contributed by atoms with Gasteiger partial charge in [-0.25, -0.2) is 9.13 Å². The number of aliphatic hydroxyl groups is 2. The molecule has 0 rings (SSSR count). The summed E-state index contributed by atoms with van der Waals surface area (Å²) in [7, 11) is -9.78. The Labute approximate surface area is 539 Å². The van der Waals surface area contributed by atoms with Gasteiger partial charge in [-0.15, -0.1) is 0 Å². The number of unbranched alkanes of at least 4 members (excludes halogenated alkanes) is 23. The van der Waals surface area contributed by atoms with Crippen LogP contribution in [-0.2, 0) is 55.8 Å². The van der Waals surface area contributed by atoms with Crippen LogP contribution >= 0.6 is 15.6 Å². The quantitative estimate of drug-likeness (QED) is 0.0146. The van der Waals surface area contributed by atoms with Crippen LogP contribution in [0.5, 0.6) is 0 Å². The highest BCUT2D eigenvalue weighted by Gasteiger charge is 2.29. The molecule has 0 bridgehead atoms. The molecule has 16 nitrogen and oxygen atoms in total. The van der Waals surface area contributed by atoms with Gasteiger partial charge in [-0.2, -0.15) is 0 Å². The van der Waals surface area contributed by atoms with Crippen LogP contribution in [0.4, 0.5) is 0 Å². The molecule has 4 N–H and O–H groups in total. The molecule has 0 saturated carbocycles. The van der Waals surface area contributed by atoms with E-state index in [2.05, 4.69) is 130 Å². The molecule has 0 aliphatic carbocycles. The Kier molecular flexibility index (Phi) is 61.6. The van der Waals surface area contributed by atoms with Gasteiger partial charge in [0.15, 0.2) is 6.10 Å². The number of phosphoric acid groups is 2. The van der Waals surface area contributed by atoms with Gasteiger partial charge in [-0.1, -0.05) is 239 Å². The largest absolute Gasteiger partial charge is 0.472 e. The molecule has 5 unspecified atom stereocenters. The lowest BCUT2D eigenvalue weighted by Crippen LogP contribution is -2.30. The lowest BCUT2D eigenvalue weighted by molar-refractivity contribution is -0.161. The topological polar surface area (TPSA) is 231 Å². The maximum absolute atomic E-state index is 12.9. The third-order valence-electron chi connectivity index (χ3n) is 13.9. The molecule has 0 spiro atoms. The molecule has 0 aliphatic heterocycles. The molecule has 89 heavy (non-hydrogen) atoms. The predicted molar refractivity (Wildman–Crippen MR) is 362 cm³/mol. The fourth-order valence-corrected chi connectivity index (χ4v) is 10.3. The van der Waals surface area contributed by atoms with E-state index in [1.807, 2.05) is 0 Å². The number of carbonyl (C=O) groups is 3. The van der Waals surface area contributed by atoms with E-state index in [1.54, 1.807) is 0 Å². The molecular formula is C71H122O16P2. The molecule has 0 saturated heterocycles. The van der Waals surface area contributed by atoms with Gasteiger partial charge in [-0.3, -0.25) is 32.5 Å². The van der Waals surface area contributed by atoms with Crippen LogP contribution in [0.25, 0.3) is 0 Å². The highest BCUT2D eigenvalue weighted by molar-refractivity contribution is 7.47. The first-order valence-corrected chi connectivity index (χ1v) is 37.2. The molecule has 0 aromatic carbocycles. The fourth-order valence-electron chi connectivity index (χ4n) is 8.73.